The first-order chi connectivity index (χ1) is 17.9. The lowest BCUT2D eigenvalue weighted by Crippen LogP contribution is -2.40. The van der Waals surface area contributed by atoms with Gasteiger partial charge < -0.3 is 23.7 Å². The number of carbonyl (C=O) groups excluding carboxylic acids is 1. The summed E-state index contributed by atoms with van der Waals surface area (Å²) in [5.41, 5.74) is 1.83. The summed E-state index contributed by atoms with van der Waals surface area (Å²) in [5.74, 6) is 1.67. The number of nitrogens with zero attached hydrogens (tertiary/aromatic N) is 2. The number of hydrogen-bond acceptors (Lipinski definition) is 9. The van der Waals surface area contributed by atoms with Gasteiger partial charge in [-0.25, -0.2) is 9.79 Å². The van der Waals surface area contributed by atoms with Gasteiger partial charge in [0.2, 0.25) is 0 Å². The normalized spacial score (nSPS) is 15.1. The first-order valence-electron chi connectivity index (χ1n) is 11.5. The fourth-order valence-electron chi connectivity index (χ4n) is 4.21. The molecule has 9 nitrogen and oxygen atoms in total. The molecule has 0 radical (unpaired) electrons. The summed E-state index contributed by atoms with van der Waals surface area (Å²) >= 11 is 1.23. The smallest absolute Gasteiger partial charge is 0.338 e. The summed E-state index contributed by atoms with van der Waals surface area (Å²) in [5, 5.41) is 0. The van der Waals surface area contributed by atoms with Crippen molar-refractivity contribution in [3.8, 4) is 23.0 Å². The zero-order valence-electron chi connectivity index (χ0n) is 21.5. The van der Waals surface area contributed by atoms with Crippen molar-refractivity contribution in [1.29, 1.82) is 0 Å². The number of esters is 1. The second-order valence-corrected chi connectivity index (χ2v) is 9.03. The molecule has 0 saturated heterocycles. The van der Waals surface area contributed by atoms with E-state index in [-0.39, 0.29) is 17.7 Å². The Labute approximate surface area is 217 Å². The molecule has 194 valence electrons. The van der Waals surface area contributed by atoms with Crippen LogP contribution in [0.5, 0.6) is 23.0 Å². The molecule has 1 aliphatic heterocycles. The maximum absolute atomic E-state index is 13.8. The van der Waals surface area contributed by atoms with Crippen molar-refractivity contribution < 1.29 is 28.5 Å². The van der Waals surface area contributed by atoms with E-state index >= 15 is 0 Å². The molecule has 0 bridgehead atoms. The van der Waals surface area contributed by atoms with Crippen molar-refractivity contribution in [3.05, 3.63) is 78.5 Å². The SMILES string of the molecule is CCOC(=O)C1=C(C)N=c2s/c(=C\c3ccc(OC)cc3OC)c(=O)n2C1c1ccc(OC)c(OC)c1. The average Bonchev–Trinajstić information content (AvgIpc) is 3.21. The molecule has 0 aliphatic carbocycles. The number of allylic oxidation sites excluding steroid dienone is 1. The fraction of sp³-hybridized carbons (Fsp3) is 0.296. The average molecular weight is 525 g/mol. The van der Waals surface area contributed by atoms with Crippen LogP contribution >= 0.6 is 11.3 Å². The Balaban J connectivity index is 1.97. The maximum Gasteiger partial charge on any atom is 0.338 e. The Morgan fingerprint density at radius 1 is 1.00 bits per heavy atom. The van der Waals surface area contributed by atoms with Crippen LogP contribution in [0, 0.1) is 0 Å². The van der Waals surface area contributed by atoms with Crippen LogP contribution in [0.15, 0.2) is 57.5 Å². The van der Waals surface area contributed by atoms with E-state index < -0.39 is 12.0 Å². The quantitative estimate of drug-likeness (QED) is 0.418. The number of hydrogen-bond donors (Lipinski definition) is 0. The van der Waals surface area contributed by atoms with E-state index in [1.54, 1.807) is 71.6 Å². The van der Waals surface area contributed by atoms with Crippen LogP contribution in [0.25, 0.3) is 6.08 Å². The molecule has 1 aromatic heterocycles. The molecule has 1 atom stereocenters. The van der Waals surface area contributed by atoms with E-state index in [1.807, 2.05) is 6.07 Å². The molecule has 0 amide bonds. The third kappa shape index (κ3) is 4.84. The van der Waals surface area contributed by atoms with Gasteiger partial charge in [0.1, 0.15) is 11.5 Å². The van der Waals surface area contributed by atoms with E-state index in [1.165, 1.54) is 23.0 Å². The molecule has 2 aromatic carbocycles. The van der Waals surface area contributed by atoms with Crippen molar-refractivity contribution in [2.75, 3.05) is 35.0 Å². The minimum Gasteiger partial charge on any atom is -0.497 e. The molecule has 0 N–H and O–H groups in total. The highest BCUT2D eigenvalue weighted by Gasteiger charge is 2.34. The van der Waals surface area contributed by atoms with Crippen molar-refractivity contribution in [2.24, 2.45) is 4.99 Å². The van der Waals surface area contributed by atoms with Crippen LogP contribution < -0.4 is 33.8 Å². The number of aromatic nitrogens is 1. The molecule has 10 heteroatoms. The van der Waals surface area contributed by atoms with Gasteiger partial charge in [-0.1, -0.05) is 17.4 Å². The monoisotopic (exact) mass is 524 g/mol. The Hall–Kier alpha value is -4.05. The summed E-state index contributed by atoms with van der Waals surface area (Å²) in [6.07, 6.45) is 1.75. The van der Waals surface area contributed by atoms with Crippen molar-refractivity contribution in [1.82, 2.24) is 4.57 Å². The number of benzene rings is 2. The van der Waals surface area contributed by atoms with Gasteiger partial charge in [0, 0.05) is 11.6 Å². The Kier molecular flexibility index (Phi) is 7.68. The molecule has 0 fully saturated rings. The summed E-state index contributed by atoms with van der Waals surface area (Å²) < 4.78 is 28.9. The van der Waals surface area contributed by atoms with E-state index in [2.05, 4.69) is 4.99 Å². The Morgan fingerprint density at radius 3 is 2.38 bits per heavy atom. The van der Waals surface area contributed by atoms with Crippen LogP contribution in [0.3, 0.4) is 0 Å². The zero-order valence-corrected chi connectivity index (χ0v) is 22.3. The second kappa shape index (κ2) is 10.9. The van der Waals surface area contributed by atoms with Crippen molar-refractivity contribution in [2.45, 2.75) is 19.9 Å². The van der Waals surface area contributed by atoms with Crippen LogP contribution in [0.4, 0.5) is 0 Å². The standard InChI is InChI=1S/C27H28N2O7S/c1-7-36-26(31)23-15(2)28-27-29(24(23)17-9-11-19(33-4)21(12-17)35-6)25(30)22(37-27)13-16-8-10-18(32-3)14-20(16)34-5/h8-14,24H,7H2,1-6H3/b22-13-. The van der Waals surface area contributed by atoms with E-state index in [0.717, 1.165) is 0 Å². The van der Waals surface area contributed by atoms with Crippen LogP contribution in [0.1, 0.15) is 31.0 Å². The predicted octanol–water partition coefficient (Wildman–Crippen LogP) is 2.83. The molecule has 37 heavy (non-hydrogen) atoms. The fourth-order valence-corrected chi connectivity index (χ4v) is 5.25. The zero-order chi connectivity index (χ0) is 26.7. The van der Waals surface area contributed by atoms with Crippen molar-refractivity contribution >= 4 is 23.4 Å². The first-order valence-corrected chi connectivity index (χ1v) is 12.3. The molecular weight excluding hydrogens is 496 g/mol. The van der Waals surface area contributed by atoms with Crippen molar-refractivity contribution in [3.63, 3.8) is 0 Å². The van der Waals surface area contributed by atoms with Gasteiger partial charge in [0.05, 0.1) is 56.9 Å². The van der Waals surface area contributed by atoms with Gasteiger partial charge in [0.25, 0.3) is 5.56 Å². The number of fused-ring (bicyclic) bond motifs is 1. The van der Waals surface area contributed by atoms with E-state index in [9.17, 15) is 9.59 Å². The minimum atomic E-state index is -0.769. The molecule has 0 spiro atoms. The molecular formula is C27H28N2O7S. The highest BCUT2D eigenvalue weighted by Crippen LogP contribution is 2.36. The highest BCUT2D eigenvalue weighted by atomic mass is 32.1. The molecule has 3 aromatic rings. The van der Waals surface area contributed by atoms with Gasteiger partial charge in [-0.05, 0) is 49.8 Å². The lowest BCUT2D eigenvalue weighted by molar-refractivity contribution is -0.139. The number of carbonyl (C=O) groups is 1. The van der Waals surface area contributed by atoms with E-state index in [0.29, 0.717) is 49.2 Å². The summed E-state index contributed by atoms with van der Waals surface area (Å²) in [4.78, 5) is 32.0. The summed E-state index contributed by atoms with van der Waals surface area (Å²) in [6, 6.07) is 9.88. The van der Waals surface area contributed by atoms with Gasteiger partial charge in [-0.2, -0.15) is 0 Å². The number of thiazole rings is 1. The summed E-state index contributed by atoms with van der Waals surface area (Å²) in [7, 11) is 6.20. The highest BCUT2D eigenvalue weighted by molar-refractivity contribution is 7.07. The van der Waals surface area contributed by atoms with Crippen LogP contribution in [-0.4, -0.2) is 45.6 Å². The van der Waals surface area contributed by atoms with Crippen LogP contribution in [-0.2, 0) is 9.53 Å². The lowest BCUT2D eigenvalue weighted by atomic mass is 9.95. The Bertz CT molecular complexity index is 1550. The van der Waals surface area contributed by atoms with E-state index in [4.69, 9.17) is 23.7 Å². The lowest BCUT2D eigenvalue weighted by Gasteiger charge is -2.25. The second-order valence-electron chi connectivity index (χ2n) is 8.02. The van der Waals surface area contributed by atoms with Gasteiger partial charge in [0.15, 0.2) is 16.3 Å². The third-order valence-corrected chi connectivity index (χ3v) is 6.95. The molecule has 0 saturated carbocycles. The molecule has 1 aliphatic rings. The topological polar surface area (TPSA) is 97.6 Å². The number of rotatable bonds is 8. The van der Waals surface area contributed by atoms with Gasteiger partial charge in [-0.15, -0.1) is 0 Å². The first kappa shape index (κ1) is 26.0. The summed E-state index contributed by atoms with van der Waals surface area (Å²) in [6.45, 7) is 3.66. The Morgan fingerprint density at radius 2 is 1.73 bits per heavy atom. The van der Waals surface area contributed by atoms with Crippen LogP contribution in [0.2, 0.25) is 0 Å². The number of methoxy groups -OCH3 is 4. The predicted molar refractivity (Wildman–Crippen MR) is 139 cm³/mol. The largest absolute Gasteiger partial charge is 0.497 e. The van der Waals surface area contributed by atoms with Gasteiger partial charge >= 0.3 is 5.97 Å². The third-order valence-electron chi connectivity index (χ3n) is 5.97. The maximum atomic E-state index is 13.8. The minimum absolute atomic E-state index is 0.190. The number of ether oxygens (including phenoxy) is 5. The van der Waals surface area contributed by atoms with Gasteiger partial charge in [-0.3, -0.25) is 9.36 Å². The molecule has 2 heterocycles. The molecule has 4 rings (SSSR count). The molecule has 1 unspecified atom stereocenters.